The highest BCUT2D eigenvalue weighted by Crippen LogP contribution is 2.22. The van der Waals surface area contributed by atoms with Gasteiger partial charge < -0.3 is 10.8 Å². The smallest absolute Gasteiger partial charge is 0.303 e. The van der Waals surface area contributed by atoms with Crippen molar-refractivity contribution in [1.82, 2.24) is 4.98 Å². The van der Waals surface area contributed by atoms with Crippen LogP contribution in [0.1, 0.15) is 30.1 Å². The van der Waals surface area contributed by atoms with E-state index >= 15 is 0 Å². The lowest BCUT2D eigenvalue weighted by atomic mass is 10.0. The third-order valence-electron chi connectivity index (χ3n) is 2.09. The van der Waals surface area contributed by atoms with E-state index < -0.39 is 5.97 Å². The van der Waals surface area contributed by atoms with Crippen molar-refractivity contribution in [3.05, 3.63) is 28.5 Å². The van der Waals surface area contributed by atoms with Crippen LogP contribution in [0.15, 0.2) is 12.1 Å². The van der Waals surface area contributed by atoms with Crippen molar-refractivity contribution in [3.8, 4) is 0 Å². The van der Waals surface area contributed by atoms with Crippen LogP contribution in [0.2, 0.25) is 5.15 Å². The van der Waals surface area contributed by atoms with E-state index in [9.17, 15) is 4.79 Å². The Labute approximate surface area is 93.1 Å². The molecule has 0 bridgehead atoms. The zero-order valence-electron chi connectivity index (χ0n) is 8.40. The molecule has 1 unspecified atom stereocenters. The first-order valence-electron chi connectivity index (χ1n) is 4.61. The van der Waals surface area contributed by atoms with E-state index in [4.69, 9.17) is 22.4 Å². The fourth-order valence-electron chi connectivity index (χ4n) is 1.25. The standard InChI is InChI=1S/C10H13ClN2O2/c1-6-2-3-7(10(11)13-6)8(12)4-5-9(14)15/h2-3,8H,4-5,12H2,1H3,(H,14,15). The van der Waals surface area contributed by atoms with Gasteiger partial charge in [-0.25, -0.2) is 4.98 Å². The SMILES string of the molecule is Cc1ccc(C(N)CCC(=O)O)c(Cl)n1. The number of hydrogen-bond donors (Lipinski definition) is 2. The second kappa shape index (κ2) is 5.09. The van der Waals surface area contributed by atoms with Gasteiger partial charge in [-0.05, 0) is 19.4 Å². The molecule has 5 heteroatoms. The summed E-state index contributed by atoms with van der Waals surface area (Å²) in [7, 11) is 0. The second-order valence-electron chi connectivity index (χ2n) is 3.37. The highest BCUT2D eigenvalue weighted by molar-refractivity contribution is 6.30. The monoisotopic (exact) mass is 228 g/mol. The summed E-state index contributed by atoms with van der Waals surface area (Å²) in [6, 6.07) is 3.22. The van der Waals surface area contributed by atoms with E-state index in [1.165, 1.54) is 0 Å². The average molecular weight is 229 g/mol. The number of halogens is 1. The van der Waals surface area contributed by atoms with Gasteiger partial charge in [0.2, 0.25) is 0 Å². The van der Waals surface area contributed by atoms with Crippen molar-refractivity contribution < 1.29 is 9.90 Å². The maximum absolute atomic E-state index is 10.4. The molecule has 1 atom stereocenters. The van der Waals surface area contributed by atoms with Crippen LogP contribution in [0.25, 0.3) is 0 Å². The van der Waals surface area contributed by atoms with E-state index in [0.29, 0.717) is 17.1 Å². The van der Waals surface area contributed by atoms with Crippen molar-refractivity contribution >= 4 is 17.6 Å². The molecule has 1 heterocycles. The molecule has 4 nitrogen and oxygen atoms in total. The minimum absolute atomic E-state index is 0.0331. The van der Waals surface area contributed by atoms with Crippen LogP contribution in [-0.2, 0) is 4.79 Å². The maximum Gasteiger partial charge on any atom is 0.303 e. The number of aromatic nitrogens is 1. The minimum Gasteiger partial charge on any atom is -0.481 e. The summed E-state index contributed by atoms with van der Waals surface area (Å²) < 4.78 is 0. The summed E-state index contributed by atoms with van der Waals surface area (Å²) in [5.74, 6) is -0.860. The van der Waals surface area contributed by atoms with Crippen molar-refractivity contribution in [2.75, 3.05) is 0 Å². The van der Waals surface area contributed by atoms with Crippen LogP contribution < -0.4 is 5.73 Å². The van der Waals surface area contributed by atoms with Gasteiger partial charge in [0.25, 0.3) is 0 Å². The Morgan fingerprint density at radius 3 is 2.87 bits per heavy atom. The molecule has 0 aromatic carbocycles. The number of nitrogens with two attached hydrogens (primary N) is 1. The molecule has 15 heavy (non-hydrogen) atoms. The Bertz CT molecular complexity index is 368. The topological polar surface area (TPSA) is 76.2 Å². The molecule has 3 N–H and O–H groups in total. The van der Waals surface area contributed by atoms with E-state index in [2.05, 4.69) is 4.98 Å². The van der Waals surface area contributed by atoms with Crippen molar-refractivity contribution in [3.63, 3.8) is 0 Å². The molecule has 0 amide bonds. The van der Waals surface area contributed by atoms with Crippen LogP contribution in [0.3, 0.4) is 0 Å². The highest BCUT2D eigenvalue weighted by atomic mass is 35.5. The molecule has 0 spiro atoms. The van der Waals surface area contributed by atoms with Gasteiger partial charge in [0, 0.05) is 23.7 Å². The molecule has 82 valence electrons. The number of rotatable bonds is 4. The molecule has 0 aliphatic carbocycles. The van der Waals surface area contributed by atoms with Gasteiger partial charge in [-0.3, -0.25) is 4.79 Å². The summed E-state index contributed by atoms with van der Waals surface area (Å²) in [4.78, 5) is 14.4. The Morgan fingerprint density at radius 2 is 2.33 bits per heavy atom. The Hall–Kier alpha value is -1.13. The van der Waals surface area contributed by atoms with Crippen LogP contribution in [0, 0.1) is 6.92 Å². The summed E-state index contributed by atoms with van der Waals surface area (Å²) in [6.07, 6.45) is 0.394. The third kappa shape index (κ3) is 3.49. The van der Waals surface area contributed by atoms with Gasteiger partial charge in [0.1, 0.15) is 5.15 Å². The fraction of sp³-hybridized carbons (Fsp3) is 0.400. The molecule has 1 rings (SSSR count). The Balaban J connectivity index is 2.73. The number of nitrogens with zero attached hydrogens (tertiary/aromatic N) is 1. The van der Waals surface area contributed by atoms with Gasteiger partial charge >= 0.3 is 5.97 Å². The molecule has 0 saturated heterocycles. The van der Waals surface area contributed by atoms with E-state index in [1.807, 2.05) is 13.0 Å². The van der Waals surface area contributed by atoms with Crippen LogP contribution in [-0.4, -0.2) is 16.1 Å². The number of carboxylic acid groups (broad SMARTS) is 1. The highest BCUT2D eigenvalue weighted by Gasteiger charge is 2.12. The lowest BCUT2D eigenvalue weighted by molar-refractivity contribution is -0.137. The van der Waals surface area contributed by atoms with Crippen molar-refractivity contribution in [2.45, 2.75) is 25.8 Å². The Morgan fingerprint density at radius 1 is 1.67 bits per heavy atom. The van der Waals surface area contributed by atoms with Gasteiger partial charge in [0.05, 0.1) is 0 Å². The Kier molecular flexibility index (Phi) is 4.05. The van der Waals surface area contributed by atoms with Crippen LogP contribution >= 0.6 is 11.6 Å². The molecular formula is C10H13ClN2O2. The molecule has 0 aliphatic rings. The summed E-state index contributed by atoms with van der Waals surface area (Å²) >= 11 is 5.90. The summed E-state index contributed by atoms with van der Waals surface area (Å²) in [5.41, 5.74) is 7.32. The first-order valence-corrected chi connectivity index (χ1v) is 4.99. The van der Waals surface area contributed by atoms with Gasteiger partial charge in [-0.2, -0.15) is 0 Å². The van der Waals surface area contributed by atoms with Gasteiger partial charge in [0.15, 0.2) is 0 Å². The predicted molar refractivity (Wildman–Crippen MR) is 57.8 cm³/mol. The normalized spacial score (nSPS) is 12.5. The quantitative estimate of drug-likeness (QED) is 0.772. The average Bonchev–Trinajstić information content (AvgIpc) is 2.14. The minimum atomic E-state index is -0.860. The predicted octanol–water partition coefficient (Wildman–Crippen LogP) is 1.91. The largest absolute Gasteiger partial charge is 0.481 e. The molecule has 0 aliphatic heterocycles. The molecule has 1 aromatic rings. The van der Waals surface area contributed by atoms with Crippen molar-refractivity contribution in [1.29, 1.82) is 0 Å². The second-order valence-corrected chi connectivity index (χ2v) is 3.73. The first-order chi connectivity index (χ1) is 7.00. The maximum atomic E-state index is 10.4. The zero-order chi connectivity index (χ0) is 11.4. The van der Waals surface area contributed by atoms with Crippen LogP contribution in [0.4, 0.5) is 0 Å². The molecule has 0 radical (unpaired) electrons. The third-order valence-corrected chi connectivity index (χ3v) is 2.39. The molecule has 1 aromatic heterocycles. The van der Waals surface area contributed by atoms with Gasteiger partial charge in [-0.15, -0.1) is 0 Å². The first kappa shape index (κ1) is 11.9. The fourth-order valence-corrected chi connectivity index (χ4v) is 1.58. The number of aliphatic carboxylic acids is 1. The molecular weight excluding hydrogens is 216 g/mol. The van der Waals surface area contributed by atoms with E-state index in [1.54, 1.807) is 6.07 Å². The number of pyridine rings is 1. The summed E-state index contributed by atoms with van der Waals surface area (Å²) in [5, 5.41) is 8.87. The zero-order valence-corrected chi connectivity index (χ0v) is 9.16. The number of carboxylic acids is 1. The number of hydrogen-bond acceptors (Lipinski definition) is 3. The van der Waals surface area contributed by atoms with E-state index in [0.717, 1.165) is 5.69 Å². The lowest BCUT2D eigenvalue weighted by Crippen LogP contribution is -2.13. The van der Waals surface area contributed by atoms with Gasteiger partial charge in [-0.1, -0.05) is 17.7 Å². The number of aryl methyl sites for hydroxylation is 1. The van der Waals surface area contributed by atoms with Crippen LogP contribution in [0.5, 0.6) is 0 Å². The molecule has 0 saturated carbocycles. The summed E-state index contributed by atoms with van der Waals surface area (Å²) in [6.45, 7) is 1.83. The van der Waals surface area contributed by atoms with E-state index in [-0.39, 0.29) is 12.5 Å². The molecule has 0 fully saturated rings. The lowest BCUT2D eigenvalue weighted by Gasteiger charge is -2.12. The number of carbonyl (C=O) groups is 1. The van der Waals surface area contributed by atoms with Crippen molar-refractivity contribution in [2.24, 2.45) is 5.73 Å².